The second kappa shape index (κ2) is 7.53. The van der Waals surface area contributed by atoms with Gasteiger partial charge in [-0.2, -0.15) is 0 Å². The molecule has 0 aromatic heterocycles. The van der Waals surface area contributed by atoms with Gasteiger partial charge in [-0.1, -0.05) is 20.8 Å². The summed E-state index contributed by atoms with van der Waals surface area (Å²) in [4.78, 5) is 12.0. The smallest absolute Gasteiger partial charge is 0.240 e. The molecule has 0 saturated carbocycles. The molecular formula is C14H23N3O3S. The highest BCUT2D eigenvalue weighted by Gasteiger charge is 2.14. The largest absolute Gasteiger partial charge is 0.327 e. The number of nitrogens with two attached hydrogens (primary N) is 1. The molecule has 1 atom stereocenters. The van der Waals surface area contributed by atoms with Crippen molar-refractivity contribution >= 4 is 21.6 Å². The predicted octanol–water partition coefficient (Wildman–Crippen LogP) is 1.30. The van der Waals surface area contributed by atoms with Crippen LogP contribution < -0.4 is 15.8 Å². The molecule has 6 nitrogen and oxygen atoms in total. The Morgan fingerprint density at radius 3 is 2.29 bits per heavy atom. The van der Waals surface area contributed by atoms with Crippen LogP contribution in [0.2, 0.25) is 0 Å². The molecule has 1 aromatic rings. The summed E-state index contributed by atoms with van der Waals surface area (Å²) in [5, 5.41) is 2.70. The molecule has 0 spiro atoms. The first kappa shape index (κ1) is 17.6. The molecule has 0 fully saturated rings. The quantitative estimate of drug-likeness (QED) is 0.706. The average Bonchev–Trinajstić information content (AvgIpc) is 2.38. The van der Waals surface area contributed by atoms with E-state index in [1.807, 2.05) is 13.8 Å². The van der Waals surface area contributed by atoms with Gasteiger partial charge in [0.15, 0.2) is 0 Å². The lowest BCUT2D eigenvalue weighted by Crippen LogP contribution is -2.31. The van der Waals surface area contributed by atoms with Crippen LogP contribution >= 0.6 is 0 Å². The van der Waals surface area contributed by atoms with E-state index in [4.69, 9.17) is 5.73 Å². The van der Waals surface area contributed by atoms with E-state index < -0.39 is 10.0 Å². The van der Waals surface area contributed by atoms with E-state index in [0.29, 0.717) is 12.2 Å². The van der Waals surface area contributed by atoms with Crippen LogP contribution in [0.25, 0.3) is 0 Å². The Bertz CT molecular complexity index is 568. The average molecular weight is 313 g/mol. The van der Waals surface area contributed by atoms with Crippen LogP contribution in [0, 0.1) is 5.92 Å². The van der Waals surface area contributed by atoms with Gasteiger partial charge < -0.3 is 11.1 Å². The van der Waals surface area contributed by atoms with Crippen LogP contribution in [0.5, 0.6) is 0 Å². The standard InChI is InChI=1S/C14H23N3O3S/c1-4-16-21(19,20)12-7-5-11(6-8-12)17-14(18)9-13(15)10(2)3/h5-8,10,13,16H,4,9,15H2,1-3H3,(H,17,18). The lowest BCUT2D eigenvalue weighted by Gasteiger charge is -2.15. The maximum Gasteiger partial charge on any atom is 0.240 e. The first-order valence-corrected chi connectivity index (χ1v) is 8.39. The molecule has 4 N–H and O–H groups in total. The lowest BCUT2D eigenvalue weighted by atomic mass is 10.0. The van der Waals surface area contributed by atoms with E-state index in [-0.39, 0.29) is 29.2 Å². The Kier molecular flexibility index (Phi) is 6.32. The molecule has 0 aliphatic rings. The van der Waals surface area contributed by atoms with Crippen LogP contribution in [0.3, 0.4) is 0 Å². The third-order valence-electron chi connectivity index (χ3n) is 3.06. The molecule has 0 bridgehead atoms. The minimum absolute atomic E-state index is 0.168. The van der Waals surface area contributed by atoms with E-state index in [9.17, 15) is 13.2 Å². The first-order chi connectivity index (χ1) is 9.76. The van der Waals surface area contributed by atoms with Crippen molar-refractivity contribution in [2.45, 2.75) is 38.1 Å². The fourth-order valence-corrected chi connectivity index (χ4v) is 2.69. The highest BCUT2D eigenvalue weighted by Crippen LogP contribution is 2.14. The topological polar surface area (TPSA) is 101 Å². The van der Waals surface area contributed by atoms with Crippen molar-refractivity contribution in [3.8, 4) is 0 Å². The van der Waals surface area contributed by atoms with Gasteiger partial charge in [-0.25, -0.2) is 13.1 Å². The van der Waals surface area contributed by atoms with Gasteiger partial charge in [0.2, 0.25) is 15.9 Å². The summed E-state index contributed by atoms with van der Waals surface area (Å²) in [5.74, 6) is 0.0434. The lowest BCUT2D eigenvalue weighted by molar-refractivity contribution is -0.116. The molecule has 1 amide bonds. The van der Waals surface area contributed by atoms with Gasteiger partial charge in [0.1, 0.15) is 0 Å². The molecule has 21 heavy (non-hydrogen) atoms. The van der Waals surface area contributed by atoms with Crippen molar-refractivity contribution < 1.29 is 13.2 Å². The van der Waals surface area contributed by atoms with Gasteiger partial charge in [0.05, 0.1) is 4.90 Å². The molecule has 118 valence electrons. The molecule has 0 aliphatic carbocycles. The van der Waals surface area contributed by atoms with E-state index in [0.717, 1.165) is 0 Å². The number of carbonyl (C=O) groups is 1. The van der Waals surface area contributed by atoms with Crippen LogP contribution in [0.1, 0.15) is 27.2 Å². The SMILES string of the molecule is CCNS(=O)(=O)c1ccc(NC(=O)CC(N)C(C)C)cc1. The Labute approximate surface area is 126 Å². The molecule has 1 rings (SSSR count). The van der Waals surface area contributed by atoms with Crippen molar-refractivity contribution in [2.24, 2.45) is 11.7 Å². The summed E-state index contributed by atoms with van der Waals surface area (Å²) in [5.41, 5.74) is 6.38. The monoisotopic (exact) mass is 313 g/mol. The summed E-state index contributed by atoms with van der Waals surface area (Å²) < 4.78 is 25.9. The fourth-order valence-electron chi connectivity index (χ4n) is 1.65. The Balaban J connectivity index is 2.69. The second-order valence-electron chi connectivity index (χ2n) is 5.19. The number of rotatable bonds is 7. The van der Waals surface area contributed by atoms with Crippen LogP contribution in [-0.4, -0.2) is 26.9 Å². The summed E-state index contributed by atoms with van der Waals surface area (Å²) >= 11 is 0. The normalized spacial score (nSPS) is 13.2. The molecule has 1 unspecified atom stereocenters. The number of sulfonamides is 1. The van der Waals surface area contributed by atoms with Gasteiger partial charge in [-0.05, 0) is 30.2 Å². The minimum Gasteiger partial charge on any atom is -0.327 e. The number of nitrogens with one attached hydrogen (secondary N) is 2. The van der Waals surface area contributed by atoms with Crippen molar-refractivity contribution in [1.29, 1.82) is 0 Å². The molecule has 0 heterocycles. The van der Waals surface area contributed by atoms with Gasteiger partial charge in [-0.15, -0.1) is 0 Å². The van der Waals surface area contributed by atoms with Crippen molar-refractivity contribution in [3.63, 3.8) is 0 Å². The van der Waals surface area contributed by atoms with Crippen molar-refractivity contribution in [2.75, 3.05) is 11.9 Å². The van der Waals surface area contributed by atoms with E-state index in [1.165, 1.54) is 12.1 Å². The second-order valence-corrected chi connectivity index (χ2v) is 6.95. The van der Waals surface area contributed by atoms with E-state index in [2.05, 4.69) is 10.0 Å². The molecule has 0 aliphatic heterocycles. The Morgan fingerprint density at radius 1 is 1.24 bits per heavy atom. The highest BCUT2D eigenvalue weighted by molar-refractivity contribution is 7.89. The molecule has 0 radical (unpaired) electrons. The zero-order valence-electron chi connectivity index (χ0n) is 12.6. The first-order valence-electron chi connectivity index (χ1n) is 6.91. The van der Waals surface area contributed by atoms with Crippen LogP contribution in [0.4, 0.5) is 5.69 Å². The predicted molar refractivity (Wildman–Crippen MR) is 83.4 cm³/mol. The Morgan fingerprint density at radius 2 is 1.81 bits per heavy atom. The number of carbonyl (C=O) groups excluding carboxylic acids is 1. The maximum absolute atomic E-state index is 11.8. The van der Waals surface area contributed by atoms with Crippen LogP contribution in [0.15, 0.2) is 29.2 Å². The number of benzene rings is 1. The van der Waals surface area contributed by atoms with Crippen LogP contribution in [-0.2, 0) is 14.8 Å². The number of hydrogen-bond acceptors (Lipinski definition) is 4. The van der Waals surface area contributed by atoms with E-state index in [1.54, 1.807) is 19.1 Å². The molecule has 7 heteroatoms. The van der Waals surface area contributed by atoms with Gasteiger partial charge in [-0.3, -0.25) is 4.79 Å². The van der Waals surface area contributed by atoms with Crippen molar-refractivity contribution in [3.05, 3.63) is 24.3 Å². The van der Waals surface area contributed by atoms with Gasteiger partial charge in [0.25, 0.3) is 0 Å². The zero-order chi connectivity index (χ0) is 16.0. The highest BCUT2D eigenvalue weighted by atomic mass is 32.2. The summed E-state index contributed by atoms with van der Waals surface area (Å²) in [6.45, 7) is 5.95. The number of anilines is 1. The molecule has 1 aromatic carbocycles. The summed E-state index contributed by atoms with van der Waals surface area (Å²) in [6.07, 6.45) is 0.231. The van der Waals surface area contributed by atoms with Gasteiger partial charge in [0, 0.05) is 24.7 Å². The summed E-state index contributed by atoms with van der Waals surface area (Å²) in [7, 11) is -3.47. The maximum atomic E-state index is 11.8. The third kappa shape index (κ3) is 5.45. The minimum atomic E-state index is -3.47. The Hall–Kier alpha value is -1.44. The number of hydrogen-bond donors (Lipinski definition) is 3. The van der Waals surface area contributed by atoms with E-state index >= 15 is 0 Å². The van der Waals surface area contributed by atoms with Crippen molar-refractivity contribution in [1.82, 2.24) is 4.72 Å². The molecule has 0 saturated heterocycles. The van der Waals surface area contributed by atoms with Gasteiger partial charge >= 0.3 is 0 Å². The molecular weight excluding hydrogens is 290 g/mol. The zero-order valence-corrected chi connectivity index (χ0v) is 13.4. The fraction of sp³-hybridized carbons (Fsp3) is 0.500. The summed E-state index contributed by atoms with van der Waals surface area (Å²) in [6, 6.07) is 5.83. The number of amides is 1. The third-order valence-corrected chi connectivity index (χ3v) is 4.62.